The maximum Gasteiger partial charge on any atom is 0.323 e. The van der Waals surface area contributed by atoms with Crippen LogP contribution in [-0.4, -0.2) is 38.4 Å². The third-order valence-corrected chi connectivity index (χ3v) is 3.17. The number of benzene rings is 1. The number of hydrogen-bond acceptors (Lipinski definition) is 4. The lowest BCUT2D eigenvalue weighted by atomic mass is 10.1. The molecule has 0 aliphatic rings. The summed E-state index contributed by atoms with van der Waals surface area (Å²) in [6.45, 7) is 6.26. The van der Waals surface area contributed by atoms with Gasteiger partial charge < -0.3 is 14.8 Å². The molecule has 4 nitrogen and oxygen atoms in total. The fourth-order valence-electron chi connectivity index (χ4n) is 2.12. The summed E-state index contributed by atoms with van der Waals surface area (Å²) in [4.78, 5) is 11.7. The lowest BCUT2D eigenvalue weighted by Gasteiger charge is -2.16. The zero-order valence-electron chi connectivity index (χ0n) is 13.1. The molecular weight excluding hydrogens is 266 g/mol. The molecule has 0 amide bonds. The van der Waals surface area contributed by atoms with Crippen LogP contribution in [0.3, 0.4) is 0 Å². The zero-order valence-corrected chi connectivity index (χ0v) is 13.1. The van der Waals surface area contributed by atoms with Gasteiger partial charge >= 0.3 is 5.97 Å². The van der Waals surface area contributed by atoms with E-state index < -0.39 is 0 Å². The maximum atomic E-state index is 11.7. The van der Waals surface area contributed by atoms with Gasteiger partial charge in [-0.2, -0.15) is 0 Å². The van der Waals surface area contributed by atoms with Crippen LogP contribution in [0.2, 0.25) is 0 Å². The quantitative estimate of drug-likeness (QED) is 0.503. The third-order valence-electron chi connectivity index (χ3n) is 3.17. The van der Waals surface area contributed by atoms with Crippen LogP contribution in [-0.2, 0) is 20.7 Å². The molecule has 118 valence electrons. The van der Waals surface area contributed by atoms with Crippen LogP contribution in [0.4, 0.5) is 0 Å². The first-order valence-electron chi connectivity index (χ1n) is 7.79. The number of hydrogen-bond donors (Lipinski definition) is 1. The lowest BCUT2D eigenvalue weighted by Crippen LogP contribution is -2.38. The fourth-order valence-corrected chi connectivity index (χ4v) is 2.12. The average Bonchev–Trinajstić information content (AvgIpc) is 2.51. The molecule has 4 heteroatoms. The van der Waals surface area contributed by atoms with E-state index in [1.807, 2.05) is 19.9 Å². The van der Waals surface area contributed by atoms with Crippen molar-refractivity contribution >= 4 is 5.97 Å². The van der Waals surface area contributed by atoms with Crippen molar-refractivity contribution in [3.05, 3.63) is 35.9 Å². The van der Waals surface area contributed by atoms with Crippen LogP contribution in [0.15, 0.2) is 30.3 Å². The Morgan fingerprint density at radius 3 is 2.62 bits per heavy atom. The van der Waals surface area contributed by atoms with E-state index in [2.05, 4.69) is 29.6 Å². The van der Waals surface area contributed by atoms with Crippen molar-refractivity contribution < 1.29 is 14.3 Å². The van der Waals surface area contributed by atoms with Gasteiger partial charge in [-0.3, -0.25) is 4.79 Å². The van der Waals surface area contributed by atoms with Gasteiger partial charge in [0.05, 0.1) is 6.61 Å². The second kappa shape index (κ2) is 11.3. The van der Waals surface area contributed by atoms with Crippen molar-refractivity contribution in [2.75, 3.05) is 26.4 Å². The summed E-state index contributed by atoms with van der Waals surface area (Å²) < 4.78 is 10.6. The van der Waals surface area contributed by atoms with Crippen LogP contribution in [0.5, 0.6) is 0 Å². The van der Waals surface area contributed by atoms with E-state index in [9.17, 15) is 4.79 Å². The van der Waals surface area contributed by atoms with Crippen molar-refractivity contribution in [2.24, 2.45) is 0 Å². The number of carbonyl (C=O) groups excluding carboxylic acids is 1. The summed E-state index contributed by atoms with van der Waals surface area (Å²) in [5, 5.41) is 3.13. The van der Waals surface area contributed by atoms with Crippen molar-refractivity contribution in [3.63, 3.8) is 0 Å². The molecule has 1 aromatic rings. The molecule has 1 unspecified atom stereocenters. The first-order chi connectivity index (χ1) is 10.3. The Balaban J connectivity index is 2.12. The summed E-state index contributed by atoms with van der Waals surface area (Å²) in [5.41, 5.74) is 1.33. The number of ether oxygens (including phenoxy) is 2. The Kier molecular flexibility index (Phi) is 9.49. The number of carbonyl (C=O) groups is 1. The highest BCUT2D eigenvalue weighted by atomic mass is 16.5. The molecule has 1 aromatic carbocycles. The molecule has 0 saturated heterocycles. The summed E-state index contributed by atoms with van der Waals surface area (Å²) in [5.74, 6) is -0.188. The SMILES string of the molecule is CCNC(CCOCCCc1ccccc1)C(=O)OCC. The van der Waals surface area contributed by atoms with E-state index >= 15 is 0 Å². The normalized spacial score (nSPS) is 12.1. The topological polar surface area (TPSA) is 47.6 Å². The molecule has 0 aliphatic heterocycles. The Bertz CT molecular complexity index is 381. The molecule has 1 rings (SSSR count). The van der Waals surface area contributed by atoms with E-state index in [0.29, 0.717) is 19.6 Å². The second-order valence-corrected chi connectivity index (χ2v) is 4.85. The predicted molar refractivity (Wildman–Crippen MR) is 84.3 cm³/mol. The molecule has 1 atom stereocenters. The minimum atomic E-state index is -0.260. The van der Waals surface area contributed by atoms with Gasteiger partial charge in [-0.25, -0.2) is 0 Å². The monoisotopic (exact) mass is 293 g/mol. The van der Waals surface area contributed by atoms with Crippen LogP contribution in [0.25, 0.3) is 0 Å². The van der Waals surface area contributed by atoms with Gasteiger partial charge in [0.2, 0.25) is 0 Å². The number of aryl methyl sites for hydroxylation is 1. The number of rotatable bonds is 11. The molecule has 1 N–H and O–H groups in total. The van der Waals surface area contributed by atoms with Crippen molar-refractivity contribution in [1.29, 1.82) is 0 Å². The molecule has 0 saturated carbocycles. The van der Waals surface area contributed by atoms with Crippen LogP contribution in [0.1, 0.15) is 32.3 Å². The van der Waals surface area contributed by atoms with Gasteiger partial charge in [-0.15, -0.1) is 0 Å². The molecule has 0 aliphatic carbocycles. The van der Waals surface area contributed by atoms with E-state index in [0.717, 1.165) is 26.0 Å². The number of likely N-dealkylation sites (N-methyl/N-ethyl adjacent to an activating group) is 1. The summed E-state index contributed by atoms with van der Waals surface area (Å²) in [7, 11) is 0. The Labute approximate surface area is 127 Å². The molecular formula is C17H27NO3. The molecule has 0 heterocycles. The van der Waals surface area contributed by atoms with Crippen LogP contribution in [0, 0.1) is 0 Å². The Morgan fingerprint density at radius 2 is 1.95 bits per heavy atom. The van der Waals surface area contributed by atoms with E-state index in [1.54, 1.807) is 0 Å². The first kappa shape index (κ1) is 17.7. The summed E-state index contributed by atoms with van der Waals surface area (Å²) >= 11 is 0. The number of esters is 1. The highest BCUT2D eigenvalue weighted by molar-refractivity contribution is 5.75. The minimum absolute atomic E-state index is 0.188. The second-order valence-electron chi connectivity index (χ2n) is 4.85. The van der Waals surface area contributed by atoms with Gasteiger partial charge in [0.15, 0.2) is 0 Å². The fraction of sp³-hybridized carbons (Fsp3) is 0.588. The van der Waals surface area contributed by atoms with Crippen molar-refractivity contribution in [1.82, 2.24) is 5.32 Å². The molecule has 0 aromatic heterocycles. The van der Waals surface area contributed by atoms with E-state index in [-0.39, 0.29) is 12.0 Å². The molecule has 21 heavy (non-hydrogen) atoms. The Morgan fingerprint density at radius 1 is 1.19 bits per heavy atom. The molecule has 0 fully saturated rings. The average molecular weight is 293 g/mol. The predicted octanol–water partition coefficient (Wildman–Crippen LogP) is 2.57. The van der Waals surface area contributed by atoms with E-state index in [1.165, 1.54) is 5.56 Å². The largest absolute Gasteiger partial charge is 0.465 e. The van der Waals surface area contributed by atoms with Gasteiger partial charge in [0.25, 0.3) is 0 Å². The van der Waals surface area contributed by atoms with Crippen molar-refractivity contribution in [2.45, 2.75) is 39.2 Å². The highest BCUT2D eigenvalue weighted by Gasteiger charge is 2.17. The first-order valence-corrected chi connectivity index (χ1v) is 7.79. The summed E-state index contributed by atoms with van der Waals surface area (Å²) in [6, 6.07) is 10.1. The molecule has 0 bridgehead atoms. The van der Waals surface area contributed by atoms with Crippen LogP contribution >= 0.6 is 0 Å². The number of nitrogens with one attached hydrogen (secondary N) is 1. The minimum Gasteiger partial charge on any atom is -0.465 e. The van der Waals surface area contributed by atoms with E-state index in [4.69, 9.17) is 9.47 Å². The summed E-state index contributed by atoms with van der Waals surface area (Å²) in [6.07, 6.45) is 2.67. The van der Waals surface area contributed by atoms with Gasteiger partial charge in [-0.1, -0.05) is 37.3 Å². The maximum absolute atomic E-state index is 11.7. The lowest BCUT2D eigenvalue weighted by molar-refractivity contribution is -0.146. The van der Waals surface area contributed by atoms with Gasteiger partial charge in [0.1, 0.15) is 6.04 Å². The Hall–Kier alpha value is -1.39. The third kappa shape index (κ3) is 7.83. The van der Waals surface area contributed by atoms with Gasteiger partial charge in [0, 0.05) is 13.2 Å². The standard InChI is InChI=1S/C17H27NO3/c1-3-18-16(17(19)21-4-2)12-14-20-13-8-11-15-9-6-5-7-10-15/h5-7,9-10,16,18H,3-4,8,11-14H2,1-2H3. The smallest absolute Gasteiger partial charge is 0.323 e. The molecule has 0 spiro atoms. The van der Waals surface area contributed by atoms with Crippen molar-refractivity contribution in [3.8, 4) is 0 Å². The zero-order chi connectivity index (χ0) is 15.3. The van der Waals surface area contributed by atoms with Crippen LogP contribution < -0.4 is 5.32 Å². The van der Waals surface area contributed by atoms with Gasteiger partial charge in [-0.05, 0) is 38.3 Å². The molecule has 0 radical (unpaired) electrons. The highest BCUT2D eigenvalue weighted by Crippen LogP contribution is 2.03.